The number of nitrogens with one attached hydrogen (secondary N) is 1. The van der Waals surface area contributed by atoms with Gasteiger partial charge in [0.15, 0.2) is 0 Å². The van der Waals surface area contributed by atoms with Crippen LogP contribution in [0.2, 0.25) is 0 Å². The van der Waals surface area contributed by atoms with E-state index in [1.54, 1.807) is 4.90 Å². The average Bonchev–Trinajstić information content (AvgIpc) is 2.11. The molecule has 0 aliphatic carbocycles. The molecule has 1 unspecified atom stereocenters. The molecule has 0 aliphatic heterocycles. The number of quaternary nitrogens is 1. The lowest BCUT2D eigenvalue weighted by Crippen LogP contribution is -3.08. The van der Waals surface area contributed by atoms with Gasteiger partial charge in [-0.2, -0.15) is 0 Å². The van der Waals surface area contributed by atoms with Crippen LogP contribution >= 0.6 is 0 Å². The van der Waals surface area contributed by atoms with Crippen LogP contribution in [0.3, 0.4) is 0 Å². The first-order valence-electron chi connectivity index (χ1n) is 5.83. The van der Waals surface area contributed by atoms with Gasteiger partial charge in [-0.25, -0.2) is 0 Å². The maximum atomic E-state index is 2.41. The summed E-state index contributed by atoms with van der Waals surface area (Å²) in [6.07, 6.45) is 5.48. The summed E-state index contributed by atoms with van der Waals surface area (Å²) < 4.78 is 0. The molecule has 1 nitrogen and oxygen atoms in total. The Morgan fingerprint density at radius 1 is 1.07 bits per heavy atom. The first-order chi connectivity index (χ1) is 6.02. The molecule has 0 aliphatic rings. The van der Waals surface area contributed by atoms with E-state index in [9.17, 15) is 0 Å². The molecule has 1 atom stereocenters. The highest BCUT2D eigenvalue weighted by Crippen LogP contribution is 2.26. The molecule has 1 N–H and O–H groups in total. The van der Waals surface area contributed by atoms with Crippen LogP contribution in [-0.2, 0) is 0 Å². The van der Waals surface area contributed by atoms with Gasteiger partial charge in [0.2, 0.25) is 0 Å². The van der Waals surface area contributed by atoms with Gasteiger partial charge in [-0.05, 0) is 18.8 Å². The van der Waals surface area contributed by atoms with Gasteiger partial charge in [0, 0.05) is 6.42 Å². The van der Waals surface area contributed by atoms with Crippen molar-refractivity contribution < 1.29 is 17.3 Å². The highest BCUT2D eigenvalue weighted by molar-refractivity contribution is 4.67. The van der Waals surface area contributed by atoms with Crippen LogP contribution in [0.5, 0.6) is 0 Å². The van der Waals surface area contributed by atoms with E-state index in [1.807, 2.05) is 0 Å². The molecule has 88 valence electrons. The smallest absolute Gasteiger partial charge is 0.0773 e. The van der Waals surface area contributed by atoms with Crippen molar-refractivity contribution in [3.05, 3.63) is 0 Å². The monoisotopic (exact) mass is 221 g/mol. The first-order valence-corrected chi connectivity index (χ1v) is 5.83. The summed E-state index contributed by atoms with van der Waals surface area (Å²) in [5.41, 5.74) is 0.562. The minimum Gasteiger partial charge on any atom is -1.00 e. The van der Waals surface area contributed by atoms with E-state index in [2.05, 4.69) is 34.7 Å². The zero-order chi connectivity index (χ0) is 10.3. The van der Waals surface area contributed by atoms with Gasteiger partial charge in [0.1, 0.15) is 0 Å². The lowest BCUT2D eigenvalue weighted by molar-refractivity contribution is -0.878. The molecular weight excluding hydrogens is 194 g/mol. The Hall–Kier alpha value is 0.250. The summed E-state index contributed by atoms with van der Waals surface area (Å²) in [6, 6.07) is 0. The fourth-order valence-electron chi connectivity index (χ4n) is 1.51. The number of halogens is 1. The molecule has 0 amide bonds. The summed E-state index contributed by atoms with van der Waals surface area (Å²) in [7, 11) is 2.29. The van der Waals surface area contributed by atoms with Crippen molar-refractivity contribution >= 4 is 0 Å². The van der Waals surface area contributed by atoms with Crippen molar-refractivity contribution in [1.82, 2.24) is 0 Å². The molecule has 0 saturated carbocycles. The molecule has 0 saturated heterocycles. The number of hydrogen-bond acceptors (Lipinski definition) is 0. The van der Waals surface area contributed by atoms with Crippen LogP contribution in [-0.4, -0.2) is 20.1 Å². The Morgan fingerprint density at radius 3 is 2.07 bits per heavy atom. The average molecular weight is 222 g/mol. The zero-order valence-electron chi connectivity index (χ0n) is 10.6. The van der Waals surface area contributed by atoms with Gasteiger partial charge in [-0.15, -0.1) is 0 Å². The van der Waals surface area contributed by atoms with Gasteiger partial charge >= 0.3 is 0 Å². The van der Waals surface area contributed by atoms with Crippen molar-refractivity contribution in [1.29, 1.82) is 0 Å². The quantitative estimate of drug-likeness (QED) is 0.571. The molecule has 0 aromatic rings. The Kier molecular flexibility index (Phi) is 10.2. The molecule has 2 heteroatoms. The Bertz CT molecular complexity index is 123. The maximum absolute atomic E-state index is 2.41. The van der Waals surface area contributed by atoms with Crippen LogP contribution in [0, 0.1) is 5.41 Å². The third-order valence-electron chi connectivity index (χ3n) is 3.04. The summed E-state index contributed by atoms with van der Waals surface area (Å²) in [5, 5.41) is 0. The molecule has 0 heterocycles. The molecule has 0 aromatic carbocycles. The maximum Gasteiger partial charge on any atom is 0.0773 e. The predicted molar refractivity (Wildman–Crippen MR) is 60.2 cm³/mol. The van der Waals surface area contributed by atoms with Crippen LogP contribution in [0.15, 0.2) is 0 Å². The molecule has 0 spiro atoms. The van der Waals surface area contributed by atoms with E-state index >= 15 is 0 Å². The number of unbranched alkanes of at least 4 members (excludes halogenated alkanes) is 1. The van der Waals surface area contributed by atoms with Gasteiger partial charge < -0.3 is 17.3 Å². The van der Waals surface area contributed by atoms with Crippen molar-refractivity contribution in [3.8, 4) is 0 Å². The third-order valence-corrected chi connectivity index (χ3v) is 3.04. The fourth-order valence-corrected chi connectivity index (χ4v) is 1.51. The predicted octanol–water partition coefficient (Wildman–Crippen LogP) is -0.868. The first kappa shape index (κ1) is 16.7. The number of hydrogen-bond donors (Lipinski definition) is 1. The second-order valence-electron chi connectivity index (χ2n) is 5.08. The lowest BCUT2D eigenvalue weighted by Gasteiger charge is -2.25. The van der Waals surface area contributed by atoms with E-state index in [0.717, 1.165) is 0 Å². The summed E-state index contributed by atoms with van der Waals surface area (Å²) in [6.45, 7) is 11.9. The SMILES string of the molecule is CCCCC(C)(C)CC[NH+](C)CC.[Cl-]. The van der Waals surface area contributed by atoms with Crippen molar-refractivity contribution in [3.63, 3.8) is 0 Å². The second-order valence-corrected chi connectivity index (χ2v) is 5.08. The molecule has 14 heavy (non-hydrogen) atoms. The van der Waals surface area contributed by atoms with Crippen LogP contribution in [0.25, 0.3) is 0 Å². The minimum atomic E-state index is 0. The Labute approximate surface area is 96.7 Å². The topological polar surface area (TPSA) is 4.44 Å². The van der Waals surface area contributed by atoms with Gasteiger partial charge in [0.05, 0.1) is 20.1 Å². The van der Waals surface area contributed by atoms with E-state index in [4.69, 9.17) is 0 Å². The number of rotatable bonds is 7. The molecule has 0 fully saturated rings. The van der Waals surface area contributed by atoms with E-state index in [-0.39, 0.29) is 12.4 Å². The van der Waals surface area contributed by atoms with E-state index in [1.165, 1.54) is 38.8 Å². The Balaban J connectivity index is 0. The lowest BCUT2D eigenvalue weighted by atomic mass is 9.84. The summed E-state index contributed by atoms with van der Waals surface area (Å²) in [5.74, 6) is 0. The van der Waals surface area contributed by atoms with Crippen LogP contribution < -0.4 is 17.3 Å². The van der Waals surface area contributed by atoms with Gasteiger partial charge in [0.25, 0.3) is 0 Å². The largest absolute Gasteiger partial charge is 1.00 e. The second kappa shape index (κ2) is 8.55. The highest BCUT2D eigenvalue weighted by Gasteiger charge is 2.18. The molecule has 0 rings (SSSR count). The van der Waals surface area contributed by atoms with E-state index < -0.39 is 0 Å². The zero-order valence-corrected chi connectivity index (χ0v) is 11.4. The fraction of sp³-hybridized carbons (Fsp3) is 1.00. The standard InChI is InChI=1S/C12H27N.ClH/c1-6-8-9-12(3,4)10-11-13(5)7-2;/h6-11H2,1-5H3;1H. The van der Waals surface area contributed by atoms with Crippen LogP contribution in [0.1, 0.15) is 53.4 Å². The van der Waals surface area contributed by atoms with Crippen molar-refractivity contribution in [2.75, 3.05) is 20.1 Å². The molecule has 0 aromatic heterocycles. The van der Waals surface area contributed by atoms with E-state index in [0.29, 0.717) is 5.41 Å². The Morgan fingerprint density at radius 2 is 1.64 bits per heavy atom. The summed E-state index contributed by atoms with van der Waals surface area (Å²) >= 11 is 0. The van der Waals surface area contributed by atoms with Crippen LogP contribution in [0.4, 0.5) is 0 Å². The van der Waals surface area contributed by atoms with Crippen molar-refractivity contribution in [2.24, 2.45) is 5.41 Å². The normalized spacial score (nSPS) is 13.5. The molecule has 0 radical (unpaired) electrons. The third kappa shape index (κ3) is 8.83. The summed E-state index contributed by atoms with van der Waals surface area (Å²) in [4.78, 5) is 1.66. The van der Waals surface area contributed by atoms with Gasteiger partial charge in [-0.3, -0.25) is 0 Å². The molecular formula is C12H28ClN. The highest BCUT2D eigenvalue weighted by atomic mass is 35.5. The minimum absolute atomic E-state index is 0. The molecule has 0 bridgehead atoms. The van der Waals surface area contributed by atoms with Gasteiger partial charge in [-0.1, -0.05) is 33.6 Å². The van der Waals surface area contributed by atoms with Crippen molar-refractivity contribution in [2.45, 2.75) is 53.4 Å².